The maximum absolute atomic E-state index is 12.9. The molecule has 0 saturated carbocycles. The number of rotatable bonds is 7. The van der Waals surface area contributed by atoms with E-state index in [1.165, 1.54) is 24.3 Å². The molecule has 0 fully saturated rings. The Hall–Kier alpha value is -3.08. The smallest absolute Gasteiger partial charge is 0.262 e. The Bertz CT molecular complexity index is 1390. The highest BCUT2D eigenvalue weighted by Crippen LogP contribution is 2.25. The van der Waals surface area contributed by atoms with Crippen molar-refractivity contribution in [2.24, 2.45) is 0 Å². The summed E-state index contributed by atoms with van der Waals surface area (Å²) in [5, 5.41) is 2.99. The maximum atomic E-state index is 12.9. The number of hydrogen-bond donors (Lipinski definition) is 3. The van der Waals surface area contributed by atoms with Crippen molar-refractivity contribution in [1.29, 1.82) is 0 Å². The van der Waals surface area contributed by atoms with Gasteiger partial charge in [-0.1, -0.05) is 35.9 Å². The van der Waals surface area contributed by atoms with Gasteiger partial charge < -0.3 is 5.32 Å². The van der Waals surface area contributed by atoms with Gasteiger partial charge in [0.15, 0.2) is 0 Å². The van der Waals surface area contributed by atoms with Gasteiger partial charge >= 0.3 is 0 Å². The van der Waals surface area contributed by atoms with E-state index < -0.39 is 26.0 Å². The van der Waals surface area contributed by atoms with Gasteiger partial charge in [0.25, 0.3) is 15.9 Å². The zero-order valence-corrected chi connectivity index (χ0v) is 19.5. The highest BCUT2D eigenvalue weighted by molar-refractivity contribution is 7.92. The molecule has 3 rings (SSSR count). The Kier molecular flexibility index (Phi) is 6.77. The molecule has 0 aliphatic carbocycles. The molecule has 3 N–H and O–H groups in total. The Balaban J connectivity index is 1.89. The topological polar surface area (TPSA) is 121 Å². The van der Waals surface area contributed by atoms with E-state index in [0.717, 1.165) is 6.26 Å². The molecule has 0 saturated heterocycles. The van der Waals surface area contributed by atoms with Crippen molar-refractivity contribution >= 4 is 54.6 Å². The van der Waals surface area contributed by atoms with Crippen LogP contribution in [0.25, 0.3) is 0 Å². The average molecular weight is 494 g/mol. The summed E-state index contributed by atoms with van der Waals surface area (Å²) in [5.74, 6) is -0.605. The van der Waals surface area contributed by atoms with Gasteiger partial charge in [0.05, 0.1) is 28.1 Å². The third kappa shape index (κ3) is 6.00. The van der Waals surface area contributed by atoms with Gasteiger partial charge in [-0.25, -0.2) is 16.8 Å². The maximum Gasteiger partial charge on any atom is 0.262 e. The first kappa shape index (κ1) is 23.6. The van der Waals surface area contributed by atoms with Crippen LogP contribution in [-0.4, -0.2) is 29.0 Å². The minimum atomic E-state index is -3.97. The molecule has 0 bridgehead atoms. The highest BCUT2D eigenvalue weighted by Gasteiger charge is 2.19. The van der Waals surface area contributed by atoms with Crippen LogP contribution in [0.1, 0.15) is 15.9 Å². The fourth-order valence-electron chi connectivity index (χ4n) is 2.90. The summed E-state index contributed by atoms with van der Waals surface area (Å²) >= 11 is 5.92. The normalized spacial score (nSPS) is 11.6. The summed E-state index contributed by atoms with van der Waals surface area (Å²) < 4.78 is 53.7. The Morgan fingerprint density at radius 3 is 2.25 bits per heavy atom. The number of carbonyl (C=O) groups is 1. The van der Waals surface area contributed by atoms with E-state index >= 15 is 0 Å². The van der Waals surface area contributed by atoms with Crippen LogP contribution in [0.5, 0.6) is 0 Å². The predicted octanol–water partition coefficient (Wildman–Crippen LogP) is 4.07. The Labute approximate surface area is 191 Å². The van der Waals surface area contributed by atoms with Crippen molar-refractivity contribution in [3.05, 3.63) is 82.9 Å². The Morgan fingerprint density at radius 2 is 1.56 bits per heavy atom. The first-order chi connectivity index (χ1) is 14.9. The summed E-state index contributed by atoms with van der Waals surface area (Å²) in [6.45, 7) is 1.63. The third-order valence-corrected chi connectivity index (χ3v) is 6.63. The molecule has 0 aliphatic heterocycles. The van der Waals surface area contributed by atoms with Gasteiger partial charge in [0, 0.05) is 10.7 Å². The molecular weight excluding hydrogens is 474 g/mol. The van der Waals surface area contributed by atoms with E-state index in [9.17, 15) is 21.6 Å². The molecule has 3 aromatic carbocycles. The van der Waals surface area contributed by atoms with Gasteiger partial charge in [-0.3, -0.25) is 14.2 Å². The number of carbonyl (C=O) groups excluding carboxylic acids is 1. The standard InChI is InChI=1S/C21H20ClN3O5S2/c1-14-10-11-16(13-20(14)32(29,30)24-17-7-5-6-15(22)12-17)23-21(26)18-8-3-4-9-19(18)25-31(2,27)28/h3-13,24-25H,1-2H3,(H,23,26). The molecule has 11 heteroatoms. The van der Waals surface area contributed by atoms with E-state index in [-0.39, 0.29) is 21.8 Å². The molecule has 8 nitrogen and oxygen atoms in total. The van der Waals surface area contributed by atoms with Crippen LogP contribution in [0.15, 0.2) is 71.6 Å². The largest absolute Gasteiger partial charge is 0.322 e. The number of aryl methyl sites for hydroxylation is 1. The lowest BCUT2D eigenvalue weighted by Crippen LogP contribution is -2.18. The van der Waals surface area contributed by atoms with Crippen LogP contribution in [0, 0.1) is 6.92 Å². The molecule has 0 aliphatic rings. The van der Waals surface area contributed by atoms with Gasteiger partial charge in [-0.05, 0) is 55.0 Å². The number of sulfonamides is 2. The van der Waals surface area contributed by atoms with E-state index in [1.54, 1.807) is 49.4 Å². The minimum absolute atomic E-state index is 0.0298. The lowest BCUT2D eigenvalue weighted by Gasteiger charge is -2.14. The van der Waals surface area contributed by atoms with Crippen LogP contribution in [0.2, 0.25) is 5.02 Å². The fourth-order valence-corrected chi connectivity index (χ4v) is 4.99. The van der Waals surface area contributed by atoms with Crippen molar-refractivity contribution in [2.45, 2.75) is 11.8 Å². The zero-order valence-electron chi connectivity index (χ0n) is 17.1. The zero-order chi connectivity index (χ0) is 23.5. The number of anilines is 3. The van der Waals surface area contributed by atoms with Crippen LogP contribution in [-0.2, 0) is 20.0 Å². The SMILES string of the molecule is Cc1ccc(NC(=O)c2ccccc2NS(C)(=O)=O)cc1S(=O)(=O)Nc1cccc(Cl)c1. The molecule has 0 unspecified atom stereocenters. The molecule has 0 spiro atoms. The number of hydrogen-bond acceptors (Lipinski definition) is 5. The number of nitrogens with one attached hydrogen (secondary N) is 3. The molecule has 168 valence electrons. The van der Waals surface area contributed by atoms with E-state index in [0.29, 0.717) is 16.3 Å². The van der Waals surface area contributed by atoms with Crippen molar-refractivity contribution in [3.63, 3.8) is 0 Å². The predicted molar refractivity (Wildman–Crippen MR) is 126 cm³/mol. The summed E-state index contributed by atoms with van der Waals surface area (Å²) in [7, 11) is -7.57. The minimum Gasteiger partial charge on any atom is -0.322 e. The summed E-state index contributed by atoms with van der Waals surface area (Å²) in [6.07, 6.45) is 0.978. The first-order valence-corrected chi connectivity index (χ1v) is 13.0. The average Bonchev–Trinajstić information content (AvgIpc) is 2.68. The number of benzene rings is 3. The van der Waals surface area contributed by atoms with Crippen LogP contribution >= 0.6 is 11.6 Å². The van der Waals surface area contributed by atoms with E-state index in [2.05, 4.69) is 14.8 Å². The van der Waals surface area contributed by atoms with Gasteiger partial charge in [-0.15, -0.1) is 0 Å². The van der Waals surface area contributed by atoms with Crippen LogP contribution in [0.3, 0.4) is 0 Å². The van der Waals surface area contributed by atoms with Crippen LogP contribution < -0.4 is 14.8 Å². The van der Waals surface area contributed by atoms with E-state index in [4.69, 9.17) is 11.6 Å². The monoisotopic (exact) mass is 493 g/mol. The summed E-state index contributed by atoms with van der Waals surface area (Å²) in [6, 6.07) is 16.8. The Morgan fingerprint density at radius 1 is 0.844 bits per heavy atom. The van der Waals surface area contributed by atoms with Crippen molar-refractivity contribution in [1.82, 2.24) is 0 Å². The second kappa shape index (κ2) is 9.19. The first-order valence-electron chi connectivity index (χ1n) is 9.22. The summed E-state index contributed by atoms with van der Waals surface area (Å²) in [5.41, 5.74) is 1.18. The molecule has 32 heavy (non-hydrogen) atoms. The molecule has 0 aromatic heterocycles. The number of amides is 1. The molecular formula is C21H20ClN3O5S2. The number of para-hydroxylation sites is 1. The quantitative estimate of drug-likeness (QED) is 0.458. The molecule has 1 amide bonds. The van der Waals surface area contributed by atoms with Crippen molar-refractivity contribution in [2.75, 3.05) is 21.0 Å². The third-order valence-electron chi connectivity index (χ3n) is 4.28. The van der Waals surface area contributed by atoms with E-state index in [1.807, 2.05) is 0 Å². The molecule has 0 heterocycles. The second-order valence-electron chi connectivity index (χ2n) is 6.97. The molecule has 0 atom stereocenters. The lowest BCUT2D eigenvalue weighted by molar-refractivity contribution is 0.102. The van der Waals surface area contributed by atoms with Crippen molar-refractivity contribution < 1.29 is 21.6 Å². The van der Waals surface area contributed by atoms with Gasteiger partial charge in [0.2, 0.25) is 10.0 Å². The summed E-state index contributed by atoms with van der Waals surface area (Å²) in [4.78, 5) is 12.7. The molecule has 3 aromatic rings. The lowest BCUT2D eigenvalue weighted by atomic mass is 10.1. The molecule has 0 radical (unpaired) electrons. The van der Waals surface area contributed by atoms with Gasteiger partial charge in [0.1, 0.15) is 0 Å². The second-order valence-corrected chi connectivity index (χ2v) is 10.8. The van der Waals surface area contributed by atoms with Gasteiger partial charge in [-0.2, -0.15) is 0 Å². The number of halogens is 1. The van der Waals surface area contributed by atoms with Crippen LogP contribution in [0.4, 0.5) is 17.1 Å². The fraction of sp³-hybridized carbons (Fsp3) is 0.0952. The van der Waals surface area contributed by atoms with Crippen molar-refractivity contribution in [3.8, 4) is 0 Å². The highest BCUT2D eigenvalue weighted by atomic mass is 35.5.